The predicted octanol–water partition coefficient (Wildman–Crippen LogP) is 10.6. The van der Waals surface area contributed by atoms with Gasteiger partial charge in [-0.15, -0.1) is 0 Å². The third kappa shape index (κ3) is 11.1. The van der Waals surface area contributed by atoms with Crippen molar-refractivity contribution < 1.29 is 33.4 Å². The van der Waals surface area contributed by atoms with Crippen LogP contribution in [0, 0.1) is 11.8 Å². The molecule has 0 radical (unpaired) electrons. The van der Waals surface area contributed by atoms with Crippen molar-refractivity contribution in [3.63, 3.8) is 0 Å². The molecule has 0 bridgehead atoms. The zero-order valence-corrected chi connectivity index (χ0v) is 41.8. The molecule has 6 heterocycles. The van der Waals surface area contributed by atoms with E-state index in [9.17, 15) is 19.2 Å². The summed E-state index contributed by atoms with van der Waals surface area (Å²) in [6.07, 6.45) is 5.14. The number of benzene rings is 3. The number of piperidine rings is 2. The number of aromatic amines is 1. The molecule has 4 amide bonds. The van der Waals surface area contributed by atoms with E-state index in [-0.39, 0.29) is 24.0 Å². The van der Waals surface area contributed by atoms with Crippen LogP contribution >= 0.6 is 0 Å². The Hall–Kier alpha value is -5.98. The summed E-state index contributed by atoms with van der Waals surface area (Å²) in [6, 6.07) is 20.2. The van der Waals surface area contributed by atoms with Crippen molar-refractivity contribution in [1.29, 1.82) is 0 Å². The number of carbonyl (C=O) groups is 4. The molecule has 2 saturated heterocycles. The topological polar surface area (TPSA) is 130 Å². The smallest absolute Gasteiger partial charge is 0.410 e. The minimum atomic E-state index is -0.551. The highest BCUT2D eigenvalue weighted by Gasteiger charge is 2.32. The van der Waals surface area contributed by atoms with E-state index in [4.69, 9.17) is 14.2 Å². The van der Waals surface area contributed by atoms with Gasteiger partial charge in [0.15, 0.2) is 0 Å². The number of nitrogens with one attached hydrogen (secondary N) is 1. The summed E-state index contributed by atoms with van der Waals surface area (Å²) in [6.45, 7) is 24.6. The van der Waals surface area contributed by atoms with Crippen LogP contribution in [-0.2, 0) is 41.9 Å². The van der Waals surface area contributed by atoms with Gasteiger partial charge in [0.05, 0.1) is 19.7 Å². The molecule has 2 aromatic heterocycles. The van der Waals surface area contributed by atoms with Gasteiger partial charge in [0.25, 0.3) is 11.8 Å². The minimum absolute atomic E-state index is 0.0941. The van der Waals surface area contributed by atoms with E-state index in [1.54, 1.807) is 9.80 Å². The number of hydrogen-bond donors (Lipinski definition) is 1. The molecule has 364 valence electrons. The number of amides is 4. The molecule has 0 spiro atoms. The standard InChI is InChI=1S/C32H41N3O4.C23H31N3O3/c1-6-38-25-10-7-23(8-11-25)20-35-28-12-9-24(30(36)33-16-13-22(2)14-17-33)19-26(28)27-21-34(18-15-29(27)35)31(37)39-32(3,4)5;1-15-7-10-25(11-8-15)21(27)16-5-6-19-17(13-16)18-14-26(12-9-20(18)24-19)22(28)29-23(2,3)4/h7-12,19,22H,6,13-18,20-21H2,1-5H3;5-6,13,15,24H,7-12,14H2,1-4H3. The highest BCUT2D eigenvalue weighted by molar-refractivity contribution is 6.00. The lowest BCUT2D eigenvalue weighted by molar-refractivity contribution is 0.0213. The van der Waals surface area contributed by atoms with Gasteiger partial charge in [-0.2, -0.15) is 0 Å². The SMILES string of the molecule is CC1CCN(C(=O)c2ccc3[nH]c4c(c3c2)CN(C(=O)OC(C)(C)C)CC4)CC1.CCOc1ccc(Cn2c3c(c4cc(C(=O)N5CCC(C)CC5)ccc42)CN(C(=O)OC(C)(C)C)CC3)cc1. The second-order valence-corrected chi connectivity index (χ2v) is 21.4. The Morgan fingerprint density at radius 3 is 1.68 bits per heavy atom. The van der Waals surface area contributed by atoms with E-state index >= 15 is 0 Å². The van der Waals surface area contributed by atoms with Crippen molar-refractivity contribution in [3.8, 4) is 5.75 Å². The largest absolute Gasteiger partial charge is 0.494 e. The Kier molecular flexibility index (Phi) is 14.2. The van der Waals surface area contributed by atoms with Gasteiger partial charge in [0.1, 0.15) is 17.0 Å². The fraction of sp³-hybridized carbons (Fsp3) is 0.527. The number of rotatable bonds is 6. The summed E-state index contributed by atoms with van der Waals surface area (Å²) in [7, 11) is 0. The van der Waals surface area contributed by atoms with Crippen molar-refractivity contribution in [2.45, 2.75) is 132 Å². The van der Waals surface area contributed by atoms with Gasteiger partial charge in [-0.05, 0) is 140 Å². The maximum absolute atomic E-state index is 13.5. The van der Waals surface area contributed by atoms with E-state index < -0.39 is 11.2 Å². The fourth-order valence-electron chi connectivity index (χ4n) is 9.90. The van der Waals surface area contributed by atoms with Crippen LogP contribution in [0.15, 0.2) is 60.7 Å². The van der Waals surface area contributed by atoms with E-state index in [2.05, 4.69) is 41.6 Å². The van der Waals surface area contributed by atoms with Gasteiger partial charge in [-0.25, -0.2) is 9.59 Å². The van der Waals surface area contributed by atoms with Crippen LogP contribution in [-0.4, -0.2) is 110 Å². The molecule has 4 aliphatic heterocycles. The highest BCUT2D eigenvalue weighted by atomic mass is 16.6. The number of likely N-dealkylation sites (tertiary alicyclic amines) is 2. The average molecular weight is 929 g/mol. The van der Waals surface area contributed by atoms with Crippen LogP contribution in [0.2, 0.25) is 0 Å². The first-order chi connectivity index (χ1) is 32.3. The lowest BCUT2D eigenvalue weighted by Crippen LogP contribution is -2.40. The van der Waals surface area contributed by atoms with Gasteiger partial charge in [0.2, 0.25) is 0 Å². The number of carbonyl (C=O) groups excluding carboxylic acids is 4. The molecule has 0 atom stereocenters. The Bertz CT molecular complexity index is 2630. The molecular weight excluding hydrogens is 857 g/mol. The van der Waals surface area contributed by atoms with Gasteiger partial charge in [-0.1, -0.05) is 26.0 Å². The second kappa shape index (κ2) is 19.9. The predicted molar refractivity (Wildman–Crippen MR) is 266 cm³/mol. The Labute approximate surface area is 402 Å². The number of fused-ring (bicyclic) bond motifs is 6. The first-order valence-corrected chi connectivity index (χ1v) is 24.9. The summed E-state index contributed by atoms with van der Waals surface area (Å²) in [5.41, 5.74) is 8.23. The quantitative estimate of drug-likeness (QED) is 0.179. The van der Waals surface area contributed by atoms with E-state index in [0.29, 0.717) is 56.7 Å². The maximum atomic E-state index is 13.5. The van der Waals surface area contributed by atoms with Crippen LogP contribution in [0.3, 0.4) is 0 Å². The molecule has 0 aliphatic carbocycles. The van der Waals surface area contributed by atoms with Crippen molar-refractivity contribution in [2.75, 3.05) is 45.9 Å². The number of ether oxygens (including phenoxy) is 3. The lowest BCUT2D eigenvalue weighted by Gasteiger charge is -2.31. The molecule has 68 heavy (non-hydrogen) atoms. The normalized spacial score (nSPS) is 17.1. The summed E-state index contributed by atoms with van der Waals surface area (Å²) in [5, 5.41) is 2.07. The number of aromatic nitrogens is 2. The third-order valence-corrected chi connectivity index (χ3v) is 13.7. The lowest BCUT2D eigenvalue weighted by atomic mass is 9.98. The van der Waals surface area contributed by atoms with Gasteiger partial charge >= 0.3 is 12.2 Å². The van der Waals surface area contributed by atoms with Crippen molar-refractivity contribution in [3.05, 3.63) is 99.9 Å². The monoisotopic (exact) mass is 929 g/mol. The Morgan fingerprint density at radius 1 is 0.618 bits per heavy atom. The van der Waals surface area contributed by atoms with Gasteiger partial charge in [0, 0.05) is 114 Å². The molecule has 1 N–H and O–H groups in total. The molecule has 13 heteroatoms. The van der Waals surface area contributed by atoms with Crippen LogP contribution in [0.4, 0.5) is 9.59 Å². The first-order valence-electron chi connectivity index (χ1n) is 24.9. The van der Waals surface area contributed by atoms with Crippen molar-refractivity contribution >= 4 is 45.8 Å². The summed E-state index contributed by atoms with van der Waals surface area (Å²) in [4.78, 5) is 62.9. The average Bonchev–Trinajstić information content (AvgIpc) is 3.82. The van der Waals surface area contributed by atoms with Gasteiger partial charge < -0.3 is 43.4 Å². The molecule has 2 fully saturated rings. The molecule has 5 aromatic rings. The van der Waals surface area contributed by atoms with Gasteiger partial charge in [-0.3, -0.25) is 9.59 Å². The van der Waals surface area contributed by atoms with Crippen LogP contribution in [0.1, 0.15) is 137 Å². The molecule has 0 unspecified atom stereocenters. The first kappa shape index (κ1) is 48.5. The highest BCUT2D eigenvalue weighted by Crippen LogP contribution is 2.35. The Morgan fingerprint density at radius 2 is 1.13 bits per heavy atom. The van der Waals surface area contributed by atoms with E-state index in [0.717, 1.165) is 115 Å². The third-order valence-electron chi connectivity index (χ3n) is 13.7. The molecular formula is C55H72N6O7. The van der Waals surface area contributed by atoms with Crippen molar-refractivity contribution in [2.24, 2.45) is 11.8 Å². The molecule has 4 aliphatic rings. The number of H-pyrrole nitrogens is 1. The zero-order valence-electron chi connectivity index (χ0n) is 41.8. The summed E-state index contributed by atoms with van der Waals surface area (Å²) in [5.74, 6) is 2.42. The van der Waals surface area contributed by atoms with E-state index in [1.165, 1.54) is 11.3 Å². The molecule has 9 rings (SSSR count). The maximum Gasteiger partial charge on any atom is 0.410 e. The molecule has 13 nitrogen and oxygen atoms in total. The second-order valence-electron chi connectivity index (χ2n) is 21.4. The van der Waals surface area contributed by atoms with Crippen LogP contribution in [0.5, 0.6) is 5.75 Å². The number of hydrogen-bond acceptors (Lipinski definition) is 7. The molecule has 3 aromatic carbocycles. The minimum Gasteiger partial charge on any atom is -0.494 e. The van der Waals surface area contributed by atoms with Crippen LogP contribution < -0.4 is 4.74 Å². The fourth-order valence-corrected chi connectivity index (χ4v) is 9.90. The summed E-state index contributed by atoms with van der Waals surface area (Å²) >= 11 is 0. The van der Waals surface area contributed by atoms with E-state index in [1.807, 2.05) is 101 Å². The zero-order chi connectivity index (χ0) is 48.5. The van der Waals surface area contributed by atoms with Crippen molar-refractivity contribution in [1.82, 2.24) is 29.2 Å². The molecule has 0 saturated carbocycles. The number of nitrogens with zero attached hydrogens (tertiary/aromatic N) is 5. The Balaban J connectivity index is 0.000000192. The summed E-state index contributed by atoms with van der Waals surface area (Å²) < 4.78 is 19.2. The van der Waals surface area contributed by atoms with Crippen LogP contribution in [0.25, 0.3) is 21.8 Å².